The minimum Gasteiger partial charge on any atom is -0.370 e. The zero-order chi connectivity index (χ0) is 24.5. The lowest BCUT2D eigenvalue weighted by Gasteiger charge is -2.43. The zero-order valence-corrected chi connectivity index (χ0v) is 18.3. The number of rotatable bonds is 8. The lowest BCUT2D eigenvalue weighted by Crippen LogP contribution is -2.60. The molecule has 0 spiro atoms. The number of carbonyl (C=O) groups excluding carboxylic acids is 2. The predicted molar refractivity (Wildman–Crippen MR) is 117 cm³/mol. The van der Waals surface area contributed by atoms with Crippen LogP contribution in [0.1, 0.15) is 15.9 Å². The van der Waals surface area contributed by atoms with E-state index in [2.05, 4.69) is 9.97 Å². The van der Waals surface area contributed by atoms with Gasteiger partial charge in [-0.05, 0) is 23.6 Å². The predicted octanol–water partition coefficient (Wildman–Crippen LogP) is 1.91. The molecule has 3 aromatic rings. The first-order valence-corrected chi connectivity index (χ1v) is 10.5. The van der Waals surface area contributed by atoms with Crippen molar-refractivity contribution in [2.75, 3.05) is 38.3 Å². The van der Waals surface area contributed by atoms with Crippen LogP contribution < -0.4 is 10.6 Å². The minimum absolute atomic E-state index is 0.102. The van der Waals surface area contributed by atoms with Crippen LogP contribution in [0.3, 0.4) is 0 Å². The van der Waals surface area contributed by atoms with Crippen LogP contribution in [-0.4, -0.2) is 70.6 Å². The molecule has 1 saturated heterocycles. The van der Waals surface area contributed by atoms with E-state index < -0.39 is 17.6 Å². The van der Waals surface area contributed by atoms with E-state index in [1.165, 1.54) is 0 Å². The smallest absolute Gasteiger partial charge is 0.370 e. The number of amides is 2. The molecule has 0 aliphatic carbocycles. The van der Waals surface area contributed by atoms with E-state index in [-0.39, 0.29) is 24.5 Å². The number of nitrogens with two attached hydrogens (primary N) is 1. The number of likely N-dealkylation sites (N-methyl/N-ethyl adjacent to an activating group) is 1. The first kappa shape index (κ1) is 23.5. The largest absolute Gasteiger partial charge is 0.419 e. The van der Waals surface area contributed by atoms with Crippen LogP contribution in [0.5, 0.6) is 0 Å². The molecular formula is C22H23F3N6O3. The van der Waals surface area contributed by atoms with Gasteiger partial charge < -0.3 is 24.8 Å². The number of anilines is 1. The summed E-state index contributed by atoms with van der Waals surface area (Å²) in [6.45, 7) is 1.53. The highest BCUT2D eigenvalue weighted by atomic mass is 19.4. The van der Waals surface area contributed by atoms with E-state index >= 15 is 0 Å². The maximum atomic E-state index is 12.6. The van der Waals surface area contributed by atoms with E-state index in [0.29, 0.717) is 31.8 Å². The van der Waals surface area contributed by atoms with E-state index in [4.69, 9.17) is 10.5 Å². The first-order valence-electron chi connectivity index (χ1n) is 10.5. The van der Waals surface area contributed by atoms with E-state index in [9.17, 15) is 22.8 Å². The van der Waals surface area contributed by atoms with Crippen molar-refractivity contribution in [3.63, 3.8) is 0 Å². The summed E-state index contributed by atoms with van der Waals surface area (Å²) in [5.41, 5.74) is 5.71. The number of fused-ring (bicyclic) bond motifs is 1. The van der Waals surface area contributed by atoms with Crippen LogP contribution in [-0.2, 0) is 22.3 Å². The van der Waals surface area contributed by atoms with Crippen molar-refractivity contribution < 1.29 is 27.5 Å². The van der Waals surface area contributed by atoms with Crippen molar-refractivity contribution in [2.24, 2.45) is 5.73 Å². The zero-order valence-electron chi connectivity index (χ0n) is 18.3. The van der Waals surface area contributed by atoms with Gasteiger partial charge in [-0.2, -0.15) is 13.2 Å². The summed E-state index contributed by atoms with van der Waals surface area (Å²) in [6.07, 6.45) is -1.11. The Morgan fingerprint density at radius 1 is 1.21 bits per heavy atom. The highest BCUT2D eigenvalue weighted by Gasteiger charge is 2.35. The van der Waals surface area contributed by atoms with Gasteiger partial charge in [0.05, 0.1) is 18.2 Å². The second-order valence-electron chi connectivity index (χ2n) is 8.03. The molecular weight excluding hydrogens is 453 g/mol. The Hall–Kier alpha value is -3.67. The molecule has 12 heteroatoms. The molecule has 1 aliphatic rings. The Bertz CT molecular complexity index is 1190. The van der Waals surface area contributed by atoms with Gasteiger partial charge in [-0.3, -0.25) is 9.59 Å². The van der Waals surface area contributed by atoms with Crippen molar-refractivity contribution in [1.82, 2.24) is 19.4 Å². The number of benzene rings is 1. The van der Waals surface area contributed by atoms with Crippen LogP contribution in [0.2, 0.25) is 0 Å². The number of nitrogens with zero attached hydrogens (tertiary/aromatic N) is 5. The summed E-state index contributed by atoms with van der Waals surface area (Å²) >= 11 is 0. The number of aromatic nitrogens is 3. The Balaban J connectivity index is 1.22. The quantitative estimate of drug-likeness (QED) is 0.498. The maximum Gasteiger partial charge on any atom is 0.419 e. The second-order valence-corrected chi connectivity index (χ2v) is 8.03. The molecule has 0 radical (unpaired) electrons. The fraction of sp³-hybridized carbons (Fsp3) is 0.364. The number of halogens is 3. The van der Waals surface area contributed by atoms with Gasteiger partial charge in [-0.25, -0.2) is 9.97 Å². The fourth-order valence-electron chi connectivity index (χ4n) is 3.65. The van der Waals surface area contributed by atoms with Gasteiger partial charge in [0.1, 0.15) is 6.61 Å². The summed E-state index contributed by atoms with van der Waals surface area (Å²) in [5.74, 6) is -0.509. The molecule has 0 bridgehead atoms. The van der Waals surface area contributed by atoms with Gasteiger partial charge in [0.15, 0.2) is 0 Å². The summed E-state index contributed by atoms with van der Waals surface area (Å²) < 4.78 is 45.3. The average molecular weight is 476 g/mol. The van der Waals surface area contributed by atoms with Crippen LogP contribution in [0, 0.1) is 0 Å². The molecule has 1 fully saturated rings. The SMILES string of the molecule is CN(C(=O)COCCn1ccc2ccc(C(N)=O)cc21)C1CN(c2ncc(C(F)(F)F)cn2)C1. The molecule has 3 heterocycles. The van der Waals surface area contributed by atoms with E-state index in [0.717, 1.165) is 23.3 Å². The van der Waals surface area contributed by atoms with Gasteiger partial charge >= 0.3 is 6.18 Å². The van der Waals surface area contributed by atoms with E-state index in [1.54, 1.807) is 29.0 Å². The van der Waals surface area contributed by atoms with Crippen molar-refractivity contribution in [3.8, 4) is 0 Å². The Morgan fingerprint density at radius 2 is 1.91 bits per heavy atom. The number of alkyl halides is 3. The van der Waals surface area contributed by atoms with Gasteiger partial charge in [-0.15, -0.1) is 0 Å². The monoisotopic (exact) mass is 476 g/mol. The summed E-state index contributed by atoms with van der Waals surface area (Å²) in [5, 5.41) is 0.965. The molecule has 180 valence electrons. The normalized spacial score (nSPS) is 14.3. The number of carbonyl (C=O) groups is 2. The Labute approximate surface area is 192 Å². The molecule has 1 aliphatic heterocycles. The highest BCUT2D eigenvalue weighted by molar-refractivity contribution is 5.97. The summed E-state index contributed by atoms with van der Waals surface area (Å²) in [6, 6.07) is 7.03. The minimum atomic E-state index is -4.48. The lowest BCUT2D eigenvalue weighted by atomic mass is 10.1. The molecule has 2 N–H and O–H groups in total. The average Bonchev–Trinajstić information content (AvgIpc) is 3.17. The third-order valence-corrected chi connectivity index (χ3v) is 5.81. The lowest BCUT2D eigenvalue weighted by molar-refractivity contribution is -0.138. The summed E-state index contributed by atoms with van der Waals surface area (Å²) in [7, 11) is 1.66. The fourth-order valence-corrected chi connectivity index (χ4v) is 3.65. The van der Waals surface area contributed by atoms with Crippen molar-refractivity contribution in [2.45, 2.75) is 18.8 Å². The molecule has 9 nitrogen and oxygen atoms in total. The van der Waals surface area contributed by atoms with Crippen molar-refractivity contribution in [1.29, 1.82) is 0 Å². The van der Waals surface area contributed by atoms with Crippen LogP contribution >= 0.6 is 0 Å². The van der Waals surface area contributed by atoms with Gasteiger partial charge in [0.2, 0.25) is 17.8 Å². The second kappa shape index (κ2) is 9.29. The number of ether oxygens (including phenoxy) is 1. The molecule has 4 rings (SSSR count). The van der Waals surface area contributed by atoms with Crippen LogP contribution in [0.25, 0.3) is 10.9 Å². The van der Waals surface area contributed by atoms with Crippen LogP contribution in [0.15, 0.2) is 42.9 Å². The molecule has 2 amide bonds. The number of hydrogen-bond acceptors (Lipinski definition) is 6. The third-order valence-electron chi connectivity index (χ3n) is 5.81. The highest BCUT2D eigenvalue weighted by Crippen LogP contribution is 2.29. The van der Waals surface area contributed by atoms with E-state index in [1.807, 2.05) is 22.9 Å². The molecule has 0 atom stereocenters. The molecule has 1 aromatic carbocycles. The molecule has 0 unspecified atom stereocenters. The van der Waals surface area contributed by atoms with Crippen LogP contribution in [0.4, 0.5) is 19.1 Å². The maximum absolute atomic E-state index is 12.6. The van der Waals surface area contributed by atoms with Gasteiger partial charge in [-0.1, -0.05) is 6.07 Å². The van der Waals surface area contributed by atoms with Crippen molar-refractivity contribution >= 4 is 28.7 Å². The topological polar surface area (TPSA) is 107 Å². The Morgan fingerprint density at radius 3 is 2.56 bits per heavy atom. The standard InChI is InChI=1S/C22H23F3N6O3/c1-29(17-11-31(12-17)21-27-9-16(10-28-21)22(23,24)25)19(32)13-34-7-6-30-5-4-14-2-3-15(20(26)33)8-18(14)30/h2-5,8-10,17H,6-7,11-13H2,1H3,(H2,26,33). The number of hydrogen-bond donors (Lipinski definition) is 1. The van der Waals surface area contributed by atoms with Gasteiger partial charge in [0, 0.05) is 56.4 Å². The Kier molecular flexibility index (Phi) is 6.42. The molecule has 0 saturated carbocycles. The van der Waals surface area contributed by atoms with Gasteiger partial charge in [0.25, 0.3) is 0 Å². The first-order chi connectivity index (χ1) is 16.1. The third kappa shape index (κ3) is 4.96. The summed E-state index contributed by atoms with van der Waals surface area (Å²) in [4.78, 5) is 34.6. The van der Waals surface area contributed by atoms with Crippen molar-refractivity contribution in [3.05, 3.63) is 54.0 Å². The number of primary amides is 1. The molecule has 34 heavy (non-hydrogen) atoms. The molecule has 2 aromatic heterocycles.